The maximum Gasteiger partial charge on any atom is 0.387 e. The van der Waals surface area contributed by atoms with E-state index < -0.39 is 12.6 Å². The van der Waals surface area contributed by atoms with Crippen molar-refractivity contribution >= 4 is 17.6 Å². The second kappa shape index (κ2) is 5.12. The summed E-state index contributed by atoms with van der Waals surface area (Å²) < 4.78 is 28.4. The van der Waals surface area contributed by atoms with Crippen LogP contribution in [-0.4, -0.2) is 17.7 Å². The molecule has 1 aromatic carbocycles. The van der Waals surface area contributed by atoms with Crippen molar-refractivity contribution in [2.45, 2.75) is 20.0 Å². The molecule has 0 radical (unpaired) electrons. The summed E-state index contributed by atoms with van der Waals surface area (Å²) in [7, 11) is 0. The molecule has 0 amide bonds. The number of hydrogen-bond donors (Lipinski definition) is 1. The molecule has 0 bridgehead atoms. The first-order valence-corrected chi connectivity index (χ1v) is 4.73. The molecule has 3 nitrogen and oxygen atoms in total. The van der Waals surface area contributed by atoms with Crippen LogP contribution in [0.3, 0.4) is 0 Å². The summed E-state index contributed by atoms with van der Waals surface area (Å²) >= 11 is 5.67. The summed E-state index contributed by atoms with van der Waals surface area (Å²) in [5.41, 5.74) is 0.711. The van der Waals surface area contributed by atoms with E-state index >= 15 is 0 Å². The summed E-state index contributed by atoms with van der Waals surface area (Å²) in [5.74, 6) is -1.31. The number of aliphatic carboxylic acids is 1. The second-order valence-corrected chi connectivity index (χ2v) is 3.58. The fraction of sp³-hybridized carbons (Fsp3) is 0.300. The van der Waals surface area contributed by atoms with Gasteiger partial charge >= 0.3 is 12.6 Å². The highest BCUT2D eigenvalue weighted by molar-refractivity contribution is 6.30. The normalized spacial score (nSPS) is 10.6. The number of hydrogen-bond acceptors (Lipinski definition) is 2. The minimum Gasteiger partial charge on any atom is -0.481 e. The van der Waals surface area contributed by atoms with E-state index in [0.717, 1.165) is 0 Å². The highest BCUT2D eigenvalue weighted by Crippen LogP contribution is 2.28. The van der Waals surface area contributed by atoms with E-state index in [0.29, 0.717) is 5.56 Å². The molecule has 0 atom stereocenters. The summed E-state index contributed by atoms with van der Waals surface area (Å²) in [5, 5.41) is 8.87. The van der Waals surface area contributed by atoms with Crippen LogP contribution in [0.5, 0.6) is 5.75 Å². The molecule has 16 heavy (non-hydrogen) atoms. The average Bonchev–Trinajstić information content (AvgIpc) is 2.09. The van der Waals surface area contributed by atoms with E-state index in [9.17, 15) is 13.6 Å². The Balaban J connectivity index is 3.15. The van der Waals surface area contributed by atoms with E-state index in [2.05, 4.69) is 4.74 Å². The second-order valence-electron chi connectivity index (χ2n) is 3.15. The molecule has 0 heterocycles. The maximum absolute atomic E-state index is 12.1. The topological polar surface area (TPSA) is 46.5 Å². The predicted octanol–water partition coefficient (Wildman–Crippen LogP) is 2.88. The summed E-state index contributed by atoms with van der Waals surface area (Å²) in [6.45, 7) is -1.42. The lowest BCUT2D eigenvalue weighted by molar-refractivity contribution is -0.136. The van der Waals surface area contributed by atoms with Gasteiger partial charge in [0, 0.05) is 10.6 Å². The molecule has 0 fully saturated rings. The van der Waals surface area contributed by atoms with Crippen LogP contribution >= 0.6 is 11.6 Å². The van der Waals surface area contributed by atoms with Gasteiger partial charge < -0.3 is 9.84 Å². The van der Waals surface area contributed by atoms with Gasteiger partial charge in [0.1, 0.15) is 5.75 Å². The molecule has 0 aliphatic heterocycles. The SMILES string of the molecule is Cc1cc(Cl)cc(OC(F)F)c1CC(=O)O. The number of carbonyl (C=O) groups is 1. The number of halogens is 3. The molecule has 0 saturated carbocycles. The van der Waals surface area contributed by atoms with Crippen molar-refractivity contribution in [3.05, 3.63) is 28.3 Å². The zero-order valence-corrected chi connectivity index (χ0v) is 9.09. The van der Waals surface area contributed by atoms with Gasteiger partial charge in [-0.25, -0.2) is 0 Å². The highest BCUT2D eigenvalue weighted by atomic mass is 35.5. The van der Waals surface area contributed by atoms with Gasteiger partial charge in [0.05, 0.1) is 6.42 Å². The number of alkyl halides is 2. The van der Waals surface area contributed by atoms with E-state index in [1.807, 2.05) is 0 Å². The molecule has 1 N–H and O–H groups in total. The molecule has 0 spiro atoms. The minimum atomic E-state index is -3.01. The van der Waals surface area contributed by atoms with Gasteiger partial charge in [0.2, 0.25) is 0 Å². The minimum absolute atomic E-state index is 0.192. The van der Waals surface area contributed by atoms with Crippen LogP contribution in [0.25, 0.3) is 0 Å². The van der Waals surface area contributed by atoms with Crippen molar-refractivity contribution in [3.63, 3.8) is 0 Å². The first-order chi connectivity index (χ1) is 7.40. The summed E-state index contributed by atoms with van der Waals surface area (Å²) in [4.78, 5) is 10.6. The van der Waals surface area contributed by atoms with Crippen LogP contribution in [0, 0.1) is 6.92 Å². The Hall–Kier alpha value is -1.36. The molecule has 0 unspecified atom stereocenters. The van der Waals surface area contributed by atoms with Gasteiger partial charge in [0.15, 0.2) is 0 Å². The van der Waals surface area contributed by atoms with Crippen molar-refractivity contribution in [2.24, 2.45) is 0 Å². The van der Waals surface area contributed by atoms with Crippen molar-refractivity contribution in [3.8, 4) is 5.75 Å². The largest absolute Gasteiger partial charge is 0.481 e. The van der Waals surface area contributed by atoms with Gasteiger partial charge in [-0.2, -0.15) is 8.78 Å². The van der Waals surface area contributed by atoms with Crippen molar-refractivity contribution in [1.29, 1.82) is 0 Å². The van der Waals surface area contributed by atoms with Crippen LogP contribution in [0.4, 0.5) is 8.78 Å². The Kier molecular flexibility index (Phi) is 4.06. The molecule has 1 aromatic rings. The molecular weight excluding hydrogens is 242 g/mol. The van der Waals surface area contributed by atoms with Crippen molar-refractivity contribution in [1.82, 2.24) is 0 Å². The predicted molar refractivity (Wildman–Crippen MR) is 54.2 cm³/mol. The number of ether oxygens (including phenoxy) is 1. The maximum atomic E-state index is 12.1. The average molecular weight is 251 g/mol. The van der Waals surface area contributed by atoms with E-state index in [1.54, 1.807) is 6.92 Å². The van der Waals surface area contributed by atoms with Crippen molar-refractivity contribution < 1.29 is 23.4 Å². The van der Waals surface area contributed by atoms with E-state index in [-0.39, 0.29) is 22.8 Å². The Morgan fingerprint density at radius 3 is 2.69 bits per heavy atom. The van der Waals surface area contributed by atoms with Gasteiger partial charge in [-0.3, -0.25) is 4.79 Å². The zero-order valence-electron chi connectivity index (χ0n) is 8.34. The first kappa shape index (κ1) is 12.7. The Labute approximate surface area is 95.6 Å². The van der Waals surface area contributed by atoms with Crippen LogP contribution in [0.15, 0.2) is 12.1 Å². The van der Waals surface area contributed by atoms with Crippen LogP contribution in [-0.2, 0) is 11.2 Å². The molecule has 88 valence electrons. The van der Waals surface area contributed by atoms with E-state index in [4.69, 9.17) is 16.7 Å². The fourth-order valence-corrected chi connectivity index (χ4v) is 1.58. The molecule has 0 saturated heterocycles. The molecule has 1 rings (SSSR count). The Morgan fingerprint density at radius 1 is 1.56 bits per heavy atom. The zero-order chi connectivity index (χ0) is 12.3. The van der Waals surface area contributed by atoms with Gasteiger partial charge in [0.25, 0.3) is 0 Å². The monoisotopic (exact) mass is 250 g/mol. The molecule has 0 aliphatic carbocycles. The first-order valence-electron chi connectivity index (χ1n) is 4.35. The Morgan fingerprint density at radius 2 is 2.19 bits per heavy atom. The summed E-state index contributed by atoms with van der Waals surface area (Å²) in [6, 6.07) is 2.68. The van der Waals surface area contributed by atoms with Gasteiger partial charge in [-0.05, 0) is 24.6 Å². The lowest BCUT2D eigenvalue weighted by atomic mass is 10.0. The molecule has 0 aliphatic rings. The third-order valence-electron chi connectivity index (χ3n) is 1.94. The standard InChI is InChI=1S/C10H9ClF2O3/c1-5-2-6(11)3-8(16-10(12)13)7(5)4-9(14)15/h2-3,10H,4H2,1H3,(H,14,15). The third-order valence-corrected chi connectivity index (χ3v) is 2.16. The van der Waals surface area contributed by atoms with Gasteiger partial charge in [-0.15, -0.1) is 0 Å². The number of benzene rings is 1. The smallest absolute Gasteiger partial charge is 0.387 e. The van der Waals surface area contributed by atoms with Crippen molar-refractivity contribution in [2.75, 3.05) is 0 Å². The Bertz CT molecular complexity index is 407. The number of aryl methyl sites for hydroxylation is 1. The number of carboxylic acids is 1. The van der Waals surface area contributed by atoms with Crippen LogP contribution in [0.1, 0.15) is 11.1 Å². The highest BCUT2D eigenvalue weighted by Gasteiger charge is 2.15. The van der Waals surface area contributed by atoms with Gasteiger partial charge in [-0.1, -0.05) is 11.6 Å². The fourth-order valence-electron chi connectivity index (χ4n) is 1.32. The number of rotatable bonds is 4. The quantitative estimate of drug-likeness (QED) is 0.894. The molecule has 6 heteroatoms. The molecular formula is C10H9ClF2O3. The number of carboxylic acid groups (broad SMARTS) is 1. The summed E-state index contributed by atoms with van der Waals surface area (Å²) in [6.07, 6.45) is -0.384. The lowest BCUT2D eigenvalue weighted by Crippen LogP contribution is -2.09. The van der Waals surface area contributed by atoms with Crippen LogP contribution in [0.2, 0.25) is 5.02 Å². The lowest BCUT2D eigenvalue weighted by Gasteiger charge is -2.12. The van der Waals surface area contributed by atoms with Crippen LogP contribution < -0.4 is 4.74 Å². The van der Waals surface area contributed by atoms with E-state index in [1.165, 1.54) is 12.1 Å². The third kappa shape index (κ3) is 3.34. The molecule has 0 aromatic heterocycles.